The number of carbonyl (C=O) groups excluding carboxylic acids is 4. The summed E-state index contributed by atoms with van der Waals surface area (Å²) in [6.07, 6.45) is -4.93. The van der Waals surface area contributed by atoms with E-state index in [0.29, 0.717) is 0 Å². The number of ether oxygens (including phenoxy) is 6. The average molecular weight is 509 g/mol. The second-order valence-corrected chi connectivity index (χ2v) is 8.01. The maximum atomic E-state index is 12.8. The van der Waals surface area contributed by atoms with Crippen molar-refractivity contribution in [2.24, 2.45) is 7.05 Å². The highest BCUT2D eigenvalue weighted by atomic mass is 16.7. The predicted molar refractivity (Wildman–Crippen MR) is 119 cm³/mol. The molecule has 0 bridgehead atoms. The molecule has 0 N–H and O–H groups in total. The van der Waals surface area contributed by atoms with Gasteiger partial charge in [0, 0.05) is 40.9 Å². The molecule has 1 aliphatic rings. The summed E-state index contributed by atoms with van der Waals surface area (Å²) in [4.78, 5) is 64.6. The molecule has 196 valence electrons. The normalized spacial score (nSPS) is 23.6. The molecule has 0 aromatic carbocycles. The molecule has 36 heavy (non-hydrogen) atoms. The van der Waals surface area contributed by atoms with Crippen molar-refractivity contribution in [3.63, 3.8) is 0 Å². The second-order valence-electron chi connectivity index (χ2n) is 8.01. The fourth-order valence-electron chi connectivity index (χ4n) is 3.97. The Kier molecular flexibility index (Phi) is 7.97. The Bertz CT molecular complexity index is 1230. The van der Waals surface area contributed by atoms with Crippen LogP contribution in [0.2, 0.25) is 0 Å². The van der Waals surface area contributed by atoms with Gasteiger partial charge >= 0.3 is 29.9 Å². The molecular formula is C22H27N3O11. The minimum absolute atomic E-state index is 0.00177. The monoisotopic (exact) mass is 509 g/mol. The molecule has 2 aromatic heterocycles. The third kappa shape index (κ3) is 5.48. The highest BCUT2D eigenvalue weighted by Gasteiger charge is 2.53. The number of nitrogens with zero attached hydrogens (tertiary/aromatic N) is 3. The molecule has 3 heterocycles. The summed E-state index contributed by atoms with van der Waals surface area (Å²) in [6.45, 7) is 4.19. The lowest BCUT2D eigenvalue weighted by atomic mass is 9.97. The number of esters is 4. The van der Waals surface area contributed by atoms with Crippen LogP contribution in [0.1, 0.15) is 33.9 Å². The van der Waals surface area contributed by atoms with E-state index in [1.807, 2.05) is 0 Å². The fraction of sp³-hybridized carbons (Fsp3) is 0.545. The SMILES string of the molecule is COc1nc2c(ccn2[C@@H]2O[C@H](COC(C)=O)[C@@H](OC(C)=O)[C@H](OC(C)=O)[C@@H]2OC(C)=O)c(=O)n1C. The summed E-state index contributed by atoms with van der Waals surface area (Å²) >= 11 is 0. The predicted octanol–water partition coefficient (Wildman–Crippen LogP) is -0.000800. The van der Waals surface area contributed by atoms with E-state index in [1.165, 1.54) is 42.5 Å². The van der Waals surface area contributed by atoms with E-state index in [-0.39, 0.29) is 23.7 Å². The van der Waals surface area contributed by atoms with Crippen LogP contribution in [0.15, 0.2) is 17.1 Å². The summed E-state index contributed by atoms with van der Waals surface area (Å²) < 4.78 is 35.3. The Morgan fingerprint density at radius 2 is 1.53 bits per heavy atom. The molecule has 0 saturated carbocycles. The molecule has 0 unspecified atom stereocenters. The Hall–Kier alpha value is -3.94. The molecule has 14 heteroatoms. The summed E-state index contributed by atoms with van der Waals surface area (Å²) in [6, 6.07) is 1.48. The summed E-state index contributed by atoms with van der Waals surface area (Å²) in [7, 11) is 2.83. The van der Waals surface area contributed by atoms with E-state index < -0.39 is 60.1 Å². The number of hydrogen-bond acceptors (Lipinski definition) is 12. The van der Waals surface area contributed by atoms with Crippen LogP contribution < -0.4 is 10.3 Å². The van der Waals surface area contributed by atoms with Gasteiger partial charge in [0.05, 0.1) is 12.5 Å². The van der Waals surface area contributed by atoms with Gasteiger partial charge in [-0.1, -0.05) is 0 Å². The molecule has 1 saturated heterocycles. The molecule has 2 aromatic rings. The third-order valence-electron chi connectivity index (χ3n) is 5.33. The first-order chi connectivity index (χ1) is 16.9. The standard InChI is InChI=1S/C22H27N3O11/c1-10(26)32-9-15-16(33-11(2)27)17(34-12(3)28)18(35-13(4)29)21(36-15)25-8-7-14-19(25)23-22(31-6)24(5)20(14)30/h7-8,15-18,21H,9H2,1-6H3/t15-,16-,17+,18+,21-/m1/s1. The van der Waals surface area contributed by atoms with Crippen molar-refractivity contribution in [2.75, 3.05) is 13.7 Å². The maximum absolute atomic E-state index is 12.8. The van der Waals surface area contributed by atoms with Crippen LogP contribution in [0.25, 0.3) is 11.0 Å². The van der Waals surface area contributed by atoms with Crippen molar-refractivity contribution in [1.82, 2.24) is 14.1 Å². The van der Waals surface area contributed by atoms with E-state index in [1.54, 1.807) is 0 Å². The lowest BCUT2D eigenvalue weighted by Gasteiger charge is -2.44. The Balaban J connectivity index is 2.20. The van der Waals surface area contributed by atoms with Crippen LogP contribution in [0.4, 0.5) is 0 Å². The van der Waals surface area contributed by atoms with Gasteiger partial charge in [-0.2, -0.15) is 4.98 Å². The summed E-state index contributed by atoms with van der Waals surface area (Å²) in [5, 5.41) is 0.200. The first-order valence-corrected chi connectivity index (χ1v) is 10.9. The van der Waals surface area contributed by atoms with Crippen molar-refractivity contribution in [1.29, 1.82) is 0 Å². The van der Waals surface area contributed by atoms with Gasteiger partial charge in [-0.05, 0) is 6.07 Å². The molecule has 0 amide bonds. The molecule has 14 nitrogen and oxygen atoms in total. The van der Waals surface area contributed by atoms with Gasteiger partial charge in [0.25, 0.3) is 5.56 Å². The number of rotatable bonds is 7. The van der Waals surface area contributed by atoms with Gasteiger partial charge in [0.1, 0.15) is 12.7 Å². The fourth-order valence-corrected chi connectivity index (χ4v) is 3.97. The molecular weight excluding hydrogens is 482 g/mol. The van der Waals surface area contributed by atoms with Crippen LogP contribution in [-0.4, -0.2) is 76.1 Å². The molecule has 0 spiro atoms. The molecule has 3 rings (SSSR count). The minimum Gasteiger partial charge on any atom is -0.468 e. The Morgan fingerprint density at radius 3 is 2.08 bits per heavy atom. The molecule has 0 aliphatic carbocycles. The topological polar surface area (TPSA) is 163 Å². The van der Waals surface area contributed by atoms with E-state index in [2.05, 4.69) is 4.98 Å². The molecule has 1 fully saturated rings. The number of carbonyl (C=O) groups is 4. The van der Waals surface area contributed by atoms with Gasteiger partial charge in [0.15, 0.2) is 30.2 Å². The van der Waals surface area contributed by atoms with Gasteiger partial charge in [-0.3, -0.25) is 28.5 Å². The first kappa shape index (κ1) is 26.7. The van der Waals surface area contributed by atoms with Crippen molar-refractivity contribution in [2.45, 2.75) is 58.3 Å². The average Bonchev–Trinajstić information content (AvgIpc) is 3.20. The molecule has 0 radical (unpaired) electrons. The lowest BCUT2D eigenvalue weighted by molar-refractivity contribution is -0.267. The lowest BCUT2D eigenvalue weighted by Crippen LogP contribution is -2.60. The molecule has 1 aliphatic heterocycles. The number of fused-ring (bicyclic) bond motifs is 1. The van der Waals surface area contributed by atoms with E-state index >= 15 is 0 Å². The summed E-state index contributed by atoms with van der Waals surface area (Å²) in [5.41, 5.74) is -0.294. The quantitative estimate of drug-likeness (QED) is 0.363. The highest BCUT2D eigenvalue weighted by molar-refractivity contribution is 5.76. The first-order valence-electron chi connectivity index (χ1n) is 10.9. The van der Waals surface area contributed by atoms with Crippen LogP contribution in [0, 0.1) is 0 Å². The number of aromatic nitrogens is 3. The van der Waals surface area contributed by atoms with Crippen LogP contribution >= 0.6 is 0 Å². The van der Waals surface area contributed by atoms with Crippen molar-refractivity contribution < 1.29 is 47.6 Å². The zero-order chi connectivity index (χ0) is 26.7. The van der Waals surface area contributed by atoms with Gasteiger partial charge in [0.2, 0.25) is 0 Å². The van der Waals surface area contributed by atoms with Crippen LogP contribution in [-0.2, 0) is 49.9 Å². The minimum atomic E-state index is -1.36. The molecule has 5 atom stereocenters. The van der Waals surface area contributed by atoms with Crippen molar-refractivity contribution in [3.8, 4) is 6.01 Å². The smallest absolute Gasteiger partial charge is 0.303 e. The summed E-state index contributed by atoms with van der Waals surface area (Å²) in [5.74, 6) is -2.88. The van der Waals surface area contributed by atoms with Crippen LogP contribution in [0.3, 0.4) is 0 Å². The van der Waals surface area contributed by atoms with E-state index in [9.17, 15) is 24.0 Å². The highest BCUT2D eigenvalue weighted by Crippen LogP contribution is 2.36. The largest absolute Gasteiger partial charge is 0.468 e. The van der Waals surface area contributed by atoms with E-state index in [0.717, 1.165) is 20.8 Å². The second kappa shape index (κ2) is 10.8. The number of methoxy groups -OCH3 is 1. The zero-order valence-electron chi connectivity index (χ0n) is 20.6. The Morgan fingerprint density at radius 1 is 0.944 bits per heavy atom. The van der Waals surface area contributed by atoms with Crippen molar-refractivity contribution in [3.05, 3.63) is 22.6 Å². The van der Waals surface area contributed by atoms with Gasteiger partial charge < -0.3 is 33.0 Å². The van der Waals surface area contributed by atoms with Gasteiger partial charge in [-0.25, -0.2) is 0 Å². The maximum Gasteiger partial charge on any atom is 0.303 e. The van der Waals surface area contributed by atoms with Crippen LogP contribution in [0.5, 0.6) is 6.01 Å². The number of hydrogen-bond donors (Lipinski definition) is 0. The zero-order valence-corrected chi connectivity index (χ0v) is 20.6. The van der Waals surface area contributed by atoms with Crippen molar-refractivity contribution >= 4 is 34.9 Å². The van der Waals surface area contributed by atoms with Gasteiger partial charge in [-0.15, -0.1) is 0 Å². The Labute approximate surface area is 205 Å². The third-order valence-corrected chi connectivity index (χ3v) is 5.33. The van der Waals surface area contributed by atoms with E-state index in [4.69, 9.17) is 28.4 Å².